The van der Waals surface area contributed by atoms with Crippen LogP contribution in [0.3, 0.4) is 0 Å². The molecule has 0 saturated carbocycles. The first-order valence-electron chi connectivity index (χ1n) is 11.3. The maximum atomic E-state index is 11.9. The van der Waals surface area contributed by atoms with Crippen molar-refractivity contribution >= 4 is 76.0 Å². The molecule has 0 radical (unpaired) electrons. The molecule has 2 saturated heterocycles. The molecule has 2 aliphatic rings. The summed E-state index contributed by atoms with van der Waals surface area (Å²) in [6.45, 7) is 5.79. The molecular weight excluding hydrogens is 509 g/mol. The largest absolute Gasteiger partial charge is 0.381 e. The van der Waals surface area contributed by atoms with Gasteiger partial charge >= 0.3 is 0 Å². The number of ether oxygens (including phenoxy) is 1. The van der Waals surface area contributed by atoms with E-state index in [2.05, 4.69) is 8.61 Å². The standard InChI is InChI=1S/C20H36N2O3S6/c23-19(28-21-11-3-1-4-12-21)30-26-17-9-7-15-25-16-8-10-18-27-31-20(24)29-22-13-5-2-6-14-22/h1-18H2. The second-order valence-corrected chi connectivity index (χ2v) is 14.9. The van der Waals surface area contributed by atoms with E-state index < -0.39 is 0 Å². The van der Waals surface area contributed by atoms with Crippen LogP contribution in [0.5, 0.6) is 0 Å². The Hall–Kier alpha value is 1.32. The molecule has 0 atom stereocenters. The predicted octanol–water partition coefficient (Wildman–Crippen LogP) is 7.83. The number of rotatable bonds is 14. The highest BCUT2D eigenvalue weighted by Gasteiger charge is 2.16. The van der Waals surface area contributed by atoms with Gasteiger partial charge < -0.3 is 4.74 Å². The normalized spacial score (nSPS) is 18.3. The summed E-state index contributed by atoms with van der Waals surface area (Å²) < 4.78 is 10.5. The summed E-state index contributed by atoms with van der Waals surface area (Å²) in [5, 5.41) is 0. The maximum Gasteiger partial charge on any atom is 0.271 e. The summed E-state index contributed by atoms with van der Waals surface area (Å²) in [7, 11) is 6.11. The van der Waals surface area contributed by atoms with Crippen molar-refractivity contribution in [2.75, 3.05) is 50.9 Å². The lowest BCUT2D eigenvalue weighted by Gasteiger charge is -2.23. The van der Waals surface area contributed by atoms with Crippen LogP contribution < -0.4 is 0 Å². The molecule has 0 spiro atoms. The molecule has 0 bridgehead atoms. The Bertz CT molecular complexity index is 450. The summed E-state index contributed by atoms with van der Waals surface area (Å²) in [6.07, 6.45) is 11.7. The minimum absolute atomic E-state index is 0.214. The molecule has 2 aliphatic heterocycles. The van der Waals surface area contributed by atoms with Crippen molar-refractivity contribution in [1.82, 2.24) is 8.61 Å². The molecule has 31 heavy (non-hydrogen) atoms. The minimum Gasteiger partial charge on any atom is -0.381 e. The molecule has 2 rings (SSSR count). The Morgan fingerprint density at radius 2 is 1.03 bits per heavy atom. The van der Waals surface area contributed by atoms with E-state index in [9.17, 15) is 9.59 Å². The van der Waals surface area contributed by atoms with Crippen LogP contribution in [0, 0.1) is 0 Å². The van der Waals surface area contributed by atoms with Crippen molar-refractivity contribution in [3.05, 3.63) is 0 Å². The van der Waals surface area contributed by atoms with Crippen LogP contribution >= 0.6 is 67.1 Å². The number of nitrogens with zero attached hydrogens (tertiary/aromatic N) is 2. The fourth-order valence-electron chi connectivity index (χ4n) is 3.17. The van der Waals surface area contributed by atoms with Gasteiger partial charge in [0.25, 0.3) is 8.89 Å². The van der Waals surface area contributed by atoms with Crippen LogP contribution in [0.1, 0.15) is 64.2 Å². The number of hydrogen-bond acceptors (Lipinski definition) is 11. The third-order valence-corrected chi connectivity index (χ3v) is 12.0. The first-order valence-corrected chi connectivity index (χ1v) is 17.5. The van der Waals surface area contributed by atoms with Crippen molar-refractivity contribution in [3.63, 3.8) is 0 Å². The molecule has 0 aromatic heterocycles. The second kappa shape index (κ2) is 19.6. The molecule has 2 fully saturated rings. The van der Waals surface area contributed by atoms with E-state index in [1.807, 2.05) is 0 Å². The number of unbranched alkanes of at least 4 members (excludes halogenated alkanes) is 2. The zero-order valence-electron chi connectivity index (χ0n) is 18.3. The average molecular weight is 545 g/mol. The van der Waals surface area contributed by atoms with E-state index in [1.54, 1.807) is 21.6 Å². The molecule has 180 valence electrons. The Morgan fingerprint density at radius 1 is 0.613 bits per heavy atom. The second-order valence-electron chi connectivity index (χ2n) is 7.50. The highest BCUT2D eigenvalue weighted by atomic mass is 33.1. The fraction of sp³-hybridized carbons (Fsp3) is 0.900. The van der Waals surface area contributed by atoms with E-state index in [4.69, 9.17) is 4.74 Å². The third kappa shape index (κ3) is 15.8. The van der Waals surface area contributed by atoms with Crippen molar-refractivity contribution < 1.29 is 14.3 Å². The average Bonchev–Trinajstić information content (AvgIpc) is 2.78. The summed E-state index contributed by atoms with van der Waals surface area (Å²) >= 11 is 2.80. The van der Waals surface area contributed by atoms with Gasteiger partial charge in [0.2, 0.25) is 0 Å². The van der Waals surface area contributed by atoms with E-state index in [0.717, 1.165) is 76.6 Å². The lowest BCUT2D eigenvalue weighted by atomic mass is 10.2. The zero-order chi connectivity index (χ0) is 22.0. The highest BCUT2D eigenvalue weighted by Crippen LogP contribution is 2.33. The fourth-order valence-corrected chi connectivity index (χ4v) is 9.55. The molecule has 5 nitrogen and oxygen atoms in total. The Kier molecular flexibility index (Phi) is 18.1. The topological polar surface area (TPSA) is 49.9 Å². The number of carbonyl (C=O) groups is 2. The lowest BCUT2D eigenvalue weighted by molar-refractivity contribution is 0.129. The van der Waals surface area contributed by atoms with Crippen molar-refractivity contribution in [3.8, 4) is 0 Å². The number of carbonyl (C=O) groups excluding carboxylic acids is 2. The molecule has 0 aromatic carbocycles. The van der Waals surface area contributed by atoms with E-state index in [1.165, 1.54) is 84.0 Å². The van der Waals surface area contributed by atoms with Gasteiger partial charge in [-0.05, 0) is 73.0 Å². The van der Waals surface area contributed by atoms with E-state index in [-0.39, 0.29) is 8.89 Å². The summed E-state index contributed by atoms with van der Waals surface area (Å²) in [6, 6.07) is 0. The first-order chi connectivity index (χ1) is 15.2. The molecule has 0 aromatic rings. The lowest BCUT2D eigenvalue weighted by Crippen LogP contribution is -2.23. The third-order valence-electron chi connectivity index (χ3n) is 4.82. The molecule has 0 amide bonds. The van der Waals surface area contributed by atoms with Crippen LogP contribution in [0.4, 0.5) is 9.59 Å². The Morgan fingerprint density at radius 3 is 1.45 bits per heavy atom. The van der Waals surface area contributed by atoms with Crippen LogP contribution in [-0.2, 0) is 4.74 Å². The van der Waals surface area contributed by atoms with Gasteiger partial charge in [-0.15, -0.1) is 0 Å². The molecule has 11 heteroatoms. The quantitative estimate of drug-likeness (QED) is 0.122. The van der Waals surface area contributed by atoms with Gasteiger partial charge in [0.1, 0.15) is 0 Å². The minimum atomic E-state index is 0.214. The van der Waals surface area contributed by atoms with Crippen LogP contribution in [0.25, 0.3) is 0 Å². The van der Waals surface area contributed by atoms with Gasteiger partial charge in [0.05, 0.1) is 0 Å². The van der Waals surface area contributed by atoms with Crippen LogP contribution in [-0.4, -0.2) is 68.4 Å². The van der Waals surface area contributed by atoms with Crippen molar-refractivity contribution in [2.24, 2.45) is 0 Å². The van der Waals surface area contributed by atoms with E-state index >= 15 is 0 Å². The monoisotopic (exact) mass is 544 g/mol. The molecule has 0 aliphatic carbocycles. The number of piperidine rings is 2. The smallest absolute Gasteiger partial charge is 0.271 e. The van der Waals surface area contributed by atoms with Gasteiger partial charge in [-0.2, -0.15) is 0 Å². The molecule has 0 N–H and O–H groups in total. The highest BCUT2D eigenvalue weighted by molar-refractivity contribution is 8.86. The summed E-state index contributed by atoms with van der Waals surface area (Å²) in [5.41, 5.74) is 0. The predicted molar refractivity (Wildman–Crippen MR) is 146 cm³/mol. The van der Waals surface area contributed by atoms with Crippen molar-refractivity contribution in [1.29, 1.82) is 0 Å². The van der Waals surface area contributed by atoms with E-state index in [0.29, 0.717) is 0 Å². The molecule has 2 heterocycles. The van der Waals surface area contributed by atoms with Crippen LogP contribution in [0.2, 0.25) is 0 Å². The maximum absolute atomic E-state index is 11.9. The molecule has 0 unspecified atom stereocenters. The van der Waals surface area contributed by atoms with Gasteiger partial charge in [0, 0.05) is 74.8 Å². The van der Waals surface area contributed by atoms with Gasteiger partial charge in [0.15, 0.2) is 0 Å². The molecular formula is C20H36N2O3S6. The SMILES string of the molecule is O=C(SSCCCCOCCCCSSC(=O)SN1CCCCC1)SN1CCCCC1. The summed E-state index contributed by atoms with van der Waals surface area (Å²) in [4.78, 5) is 23.9. The van der Waals surface area contributed by atoms with Gasteiger partial charge in [-0.1, -0.05) is 34.4 Å². The van der Waals surface area contributed by atoms with Gasteiger partial charge in [-0.3, -0.25) is 9.59 Å². The Labute approximate surface area is 212 Å². The summed E-state index contributed by atoms with van der Waals surface area (Å²) in [5.74, 6) is 2.00. The van der Waals surface area contributed by atoms with Crippen molar-refractivity contribution in [2.45, 2.75) is 64.2 Å². The Balaban J connectivity index is 1.27. The number of hydrogen-bond donors (Lipinski definition) is 0. The zero-order valence-corrected chi connectivity index (χ0v) is 23.2. The van der Waals surface area contributed by atoms with Crippen LogP contribution in [0.15, 0.2) is 0 Å². The van der Waals surface area contributed by atoms with Gasteiger partial charge in [-0.25, -0.2) is 8.61 Å². The first kappa shape index (κ1) is 28.6.